The first-order valence-electron chi connectivity index (χ1n) is 5.59. The SMILES string of the molecule is CC(C)(CS(=O)(=O)Cl)NC(=O)OCc1ccccc1. The first kappa shape index (κ1) is 15.8. The zero-order valence-electron chi connectivity index (χ0n) is 10.7. The fourth-order valence-corrected chi connectivity index (χ4v) is 3.26. The molecule has 0 atom stereocenters. The normalized spacial score (nSPS) is 11.9. The average molecular weight is 306 g/mol. The van der Waals surface area contributed by atoms with Gasteiger partial charge in [0.1, 0.15) is 6.61 Å². The van der Waals surface area contributed by atoms with E-state index in [1.165, 1.54) is 0 Å². The van der Waals surface area contributed by atoms with Crippen LogP contribution in [-0.4, -0.2) is 25.8 Å². The number of benzene rings is 1. The smallest absolute Gasteiger partial charge is 0.407 e. The molecule has 0 aliphatic rings. The molecule has 0 heterocycles. The van der Waals surface area contributed by atoms with Crippen LogP contribution in [0.5, 0.6) is 0 Å². The van der Waals surface area contributed by atoms with Crippen molar-refractivity contribution in [1.29, 1.82) is 0 Å². The minimum atomic E-state index is -3.69. The summed E-state index contributed by atoms with van der Waals surface area (Å²) in [5.41, 5.74) is -0.144. The largest absolute Gasteiger partial charge is 0.445 e. The highest BCUT2D eigenvalue weighted by atomic mass is 35.7. The van der Waals surface area contributed by atoms with Crippen molar-refractivity contribution in [2.24, 2.45) is 0 Å². The summed E-state index contributed by atoms with van der Waals surface area (Å²) in [5, 5.41) is 2.46. The number of ether oxygens (including phenoxy) is 1. The van der Waals surface area contributed by atoms with Crippen LogP contribution in [0.3, 0.4) is 0 Å². The number of carbonyl (C=O) groups excluding carboxylic acids is 1. The van der Waals surface area contributed by atoms with Gasteiger partial charge in [0.25, 0.3) is 0 Å². The fourth-order valence-electron chi connectivity index (χ4n) is 1.50. The molecule has 106 valence electrons. The molecule has 19 heavy (non-hydrogen) atoms. The molecule has 1 rings (SSSR count). The second kappa shape index (κ2) is 6.25. The number of hydrogen-bond donors (Lipinski definition) is 1. The number of halogens is 1. The van der Waals surface area contributed by atoms with E-state index in [1.807, 2.05) is 30.3 Å². The first-order valence-corrected chi connectivity index (χ1v) is 8.07. The molecule has 0 bridgehead atoms. The van der Waals surface area contributed by atoms with Crippen LogP contribution in [0.2, 0.25) is 0 Å². The van der Waals surface area contributed by atoms with Gasteiger partial charge < -0.3 is 10.1 Å². The lowest BCUT2D eigenvalue weighted by Gasteiger charge is -2.24. The third kappa shape index (κ3) is 7.03. The van der Waals surface area contributed by atoms with Crippen LogP contribution in [-0.2, 0) is 20.4 Å². The van der Waals surface area contributed by atoms with E-state index in [9.17, 15) is 13.2 Å². The van der Waals surface area contributed by atoms with E-state index in [4.69, 9.17) is 15.4 Å². The van der Waals surface area contributed by atoms with Crippen molar-refractivity contribution in [1.82, 2.24) is 5.32 Å². The highest BCUT2D eigenvalue weighted by molar-refractivity contribution is 8.13. The van der Waals surface area contributed by atoms with Gasteiger partial charge in [-0.25, -0.2) is 13.2 Å². The monoisotopic (exact) mass is 305 g/mol. The van der Waals surface area contributed by atoms with Gasteiger partial charge in [0, 0.05) is 10.7 Å². The number of amides is 1. The van der Waals surface area contributed by atoms with Crippen molar-refractivity contribution in [2.75, 3.05) is 5.75 Å². The zero-order valence-corrected chi connectivity index (χ0v) is 12.3. The van der Waals surface area contributed by atoms with E-state index in [1.54, 1.807) is 13.8 Å². The summed E-state index contributed by atoms with van der Waals surface area (Å²) in [7, 11) is 1.46. The molecular weight excluding hydrogens is 290 g/mol. The van der Waals surface area contributed by atoms with Crippen LogP contribution in [0.4, 0.5) is 4.79 Å². The Balaban J connectivity index is 2.47. The fraction of sp³-hybridized carbons (Fsp3) is 0.417. The van der Waals surface area contributed by atoms with Crippen LogP contribution >= 0.6 is 10.7 Å². The van der Waals surface area contributed by atoms with Gasteiger partial charge in [-0.15, -0.1) is 0 Å². The molecule has 0 saturated heterocycles. The lowest BCUT2D eigenvalue weighted by Crippen LogP contribution is -2.47. The van der Waals surface area contributed by atoms with Crippen molar-refractivity contribution in [3.63, 3.8) is 0 Å². The molecule has 0 fully saturated rings. The summed E-state index contributed by atoms with van der Waals surface area (Å²) in [6.45, 7) is 3.23. The molecule has 1 aromatic rings. The molecular formula is C12H16ClNO4S. The molecule has 0 radical (unpaired) electrons. The first-order chi connectivity index (χ1) is 8.68. The average Bonchev–Trinajstić information content (AvgIpc) is 2.23. The molecule has 0 aliphatic carbocycles. The van der Waals surface area contributed by atoms with Gasteiger partial charge in [-0.05, 0) is 19.4 Å². The van der Waals surface area contributed by atoms with Gasteiger partial charge in [0.05, 0.1) is 11.3 Å². The minimum absolute atomic E-state index is 0.121. The molecule has 0 aliphatic heterocycles. The van der Waals surface area contributed by atoms with Crippen molar-refractivity contribution in [3.05, 3.63) is 35.9 Å². The Bertz CT molecular complexity index is 528. The predicted octanol–water partition coefficient (Wildman–Crippen LogP) is 2.26. The van der Waals surface area contributed by atoms with E-state index < -0.39 is 20.7 Å². The number of rotatable bonds is 5. The molecule has 0 unspecified atom stereocenters. The lowest BCUT2D eigenvalue weighted by atomic mass is 10.1. The predicted molar refractivity (Wildman–Crippen MR) is 73.5 cm³/mol. The van der Waals surface area contributed by atoms with E-state index in [2.05, 4.69) is 5.32 Å². The minimum Gasteiger partial charge on any atom is -0.445 e. The van der Waals surface area contributed by atoms with E-state index in [0.717, 1.165) is 5.56 Å². The second-order valence-corrected chi connectivity index (χ2v) is 7.53. The summed E-state index contributed by atoms with van der Waals surface area (Å²) < 4.78 is 27.0. The van der Waals surface area contributed by atoms with Gasteiger partial charge in [-0.3, -0.25) is 0 Å². The van der Waals surface area contributed by atoms with E-state index >= 15 is 0 Å². The van der Waals surface area contributed by atoms with Crippen LogP contribution in [0.15, 0.2) is 30.3 Å². The molecule has 0 aromatic heterocycles. The van der Waals surface area contributed by atoms with Crippen LogP contribution < -0.4 is 5.32 Å². The molecule has 7 heteroatoms. The number of hydrogen-bond acceptors (Lipinski definition) is 4. The van der Waals surface area contributed by atoms with Gasteiger partial charge in [-0.1, -0.05) is 30.3 Å². The molecule has 5 nitrogen and oxygen atoms in total. The van der Waals surface area contributed by atoms with Crippen LogP contribution in [0.25, 0.3) is 0 Å². The Morgan fingerprint density at radius 3 is 2.42 bits per heavy atom. The van der Waals surface area contributed by atoms with Crippen LogP contribution in [0.1, 0.15) is 19.4 Å². The van der Waals surface area contributed by atoms with Gasteiger partial charge >= 0.3 is 6.09 Å². The molecule has 1 amide bonds. The topological polar surface area (TPSA) is 72.5 Å². The Labute approximate surface area is 117 Å². The number of alkyl carbamates (subject to hydrolysis) is 1. The van der Waals surface area contributed by atoms with Gasteiger partial charge in [0.2, 0.25) is 9.05 Å². The Morgan fingerprint density at radius 2 is 1.89 bits per heavy atom. The maximum absolute atomic E-state index is 11.5. The number of nitrogens with one attached hydrogen (secondary N) is 1. The maximum atomic E-state index is 11.5. The number of carbonyl (C=O) groups is 1. The van der Waals surface area contributed by atoms with E-state index in [0.29, 0.717) is 0 Å². The summed E-state index contributed by atoms with van der Waals surface area (Å²) in [4.78, 5) is 11.5. The van der Waals surface area contributed by atoms with E-state index in [-0.39, 0.29) is 12.4 Å². The lowest BCUT2D eigenvalue weighted by molar-refractivity contribution is 0.131. The van der Waals surface area contributed by atoms with Gasteiger partial charge in [0.15, 0.2) is 0 Å². The Morgan fingerprint density at radius 1 is 1.32 bits per heavy atom. The van der Waals surface area contributed by atoms with Crippen molar-refractivity contribution in [3.8, 4) is 0 Å². The highest BCUT2D eigenvalue weighted by Crippen LogP contribution is 2.11. The van der Waals surface area contributed by atoms with Crippen LogP contribution in [0, 0.1) is 0 Å². The molecule has 0 saturated carbocycles. The Hall–Kier alpha value is -1.27. The summed E-state index contributed by atoms with van der Waals surface area (Å²) in [6.07, 6.45) is -0.686. The third-order valence-corrected chi connectivity index (χ3v) is 3.58. The van der Waals surface area contributed by atoms with Crippen molar-refractivity contribution in [2.45, 2.75) is 26.0 Å². The standard InChI is InChI=1S/C12H16ClNO4S/c1-12(2,9-19(13,16)17)14-11(15)18-8-10-6-4-3-5-7-10/h3-7H,8-9H2,1-2H3,(H,14,15). The summed E-state index contributed by atoms with van der Waals surface area (Å²) in [6, 6.07) is 9.17. The maximum Gasteiger partial charge on any atom is 0.407 e. The summed E-state index contributed by atoms with van der Waals surface area (Å²) in [5.74, 6) is -0.373. The third-order valence-electron chi connectivity index (χ3n) is 2.19. The van der Waals surface area contributed by atoms with Crippen molar-refractivity contribution >= 4 is 25.8 Å². The van der Waals surface area contributed by atoms with Crippen molar-refractivity contribution < 1.29 is 17.9 Å². The van der Waals surface area contributed by atoms with Gasteiger partial charge in [-0.2, -0.15) is 0 Å². The molecule has 0 spiro atoms. The molecule has 1 aromatic carbocycles. The summed E-state index contributed by atoms with van der Waals surface area (Å²) >= 11 is 0. The second-order valence-electron chi connectivity index (χ2n) is 4.75. The zero-order chi connectivity index (χ0) is 14.5. The molecule has 1 N–H and O–H groups in total. The Kier molecular flexibility index (Phi) is 5.20. The highest BCUT2D eigenvalue weighted by Gasteiger charge is 2.27. The quantitative estimate of drug-likeness (QED) is 0.847.